The van der Waals surface area contributed by atoms with Crippen LogP contribution in [0.15, 0.2) is 72.4 Å². The average molecular weight is 408 g/mol. The van der Waals surface area contributed by atoms with E-state index in [9.17, 15) is 0 Å². The molecular weight excluding hydrogens is 392 g/mol. The highest BCUT2D eigenvalue weighted by Crippen LogP contribution is 2.35. The van der Waals surface area contributed by atoms with E-state index in [1.54, 1.807) is 23.7 Å². The number of nitrogen functional groups attached to an aromatic ring is 1. The van der Waals surface area contributed by atoms with E-state index < -0.39 is 0 Å². The largest absolute Gasteiger partial charge is 0.397 e. The van der Waals surface area contributed by atoms with Gasteiger partial charge >= 0.3 is 0 Å². The number of H-pyrrole nitrogens is 2. The van der Waals surface area contributed by atoms with Gasteiger partial charge in [-0.3, -0.25) is 10.1 Å². The number of rotatable bonds is 3. The van der Waals surface area contributed by atoms with E-state index in [4.69, 9.17) is 10.7 Å². The van der Waals surface area contributed by atoms with E-state index in [1.165, 1.54) is 15.8 Å². The zero-order chi connectivity index (χ0) is 20.1. The molecule has 0 amide bonds. The predicted molar refractivity (Wildman–Crippen MR) is 122 cm³/mol. The van der Waals surface area contributed by atoms with Crippen LogP contribution in [0.5, 0.6) is 0 Å². The van der Waals surface area contributed by atoms with E-state index in [1.807, 2.05) is 18.2 Å². The first kappa shape index (κ1) is 16.9. The molecule has 6 aromatic rings. The van der Waals surface area contributed by atoms with Gasteiger partial charge in [0.25, 0.3) is 0 Å². The molecule has 6 nitrogen and oxygen atoms in total. The molecule has 6 rings (SSSR count). The third-order valence-electron chi connectivity index (χ3n) is 5.17. The van der Waals surface area contributed by atoms with Crippen molar-refractivity contribution in [3.8, 4) is 33.1 Å². The van der Waals surface area contributed by atoms with Crippen molar-refractivity contribution in [2.45, 2.75) is 0 Å². The van der Waals surface area contributed by atoms with Crippen LogP contribution in [-0.2, 0) is 0 Å². The number of fused-ring (bicyclic) bond motifs is 2. The van der Waals surface area contributed by atoms with E-state index in [0.717, 1.165) is 39.2 Å². The molecule has 0 radical (unpaired) electrons. The lowest BCUT2D eigenvalue weighted by Crippen LogP contribution is -1.90. The second kappa shape index (κ2) is 6.53. The average Bonchev–Trinajstić information content (AvgIpc) is 3.51. The van der Waals surface area contributed by atoms with Gasteiger partial charge in [0.05, 0.1) is 22.6 Å². The predicted octanol–water partition coefficient (Wildman–Crippen LogP) is 5.48. The van der Waals surface area contributed by atoms with Crippen LogP contribution in [0.1, 0.15) is 0 Å². The first-order valence-electron chi connectivity index (χ1n) is 9.48. The Morgan fingerprint density at radius 2 is 1.90 bits per heavy atom. The third kappa shape index (κ3) is 2.67. The van der Waals surface area contributed by atoms with Crippen LogP contribution in [0, 0.1) is 0 Å². The van der Waals surface area contributed by atoms with E-state index in [0.29, 0.717) is 5.69 Å². The van der Waals surface area contributed by atoms with Crippen molar-refractivity contribution >= 4 is 39.0 Å². The number of aromatic nitrogens is 5. The molecule has 0 atom stereocenters. The lowest BCUT2D eigenvalue weighted by molar-refractivity contribution is 1.12. The molecule has 4 N–H and O–H groups in total. The summed E-state index contributed by atoms with van der Waals surface area (Å²) in [6.07, 6.45) is 3.39. The molecular formula is C23H16N6S. The van der Waals surface area contributed by atoms with Gasteiger partial charge in [-0.2, -0.15) is 5.10 Å². The summed E-state index contributed by atoms with van der Waals surface area (Å²) in [6.45, 7) is 0. The second-order valence-corrected chi connectivity index (χ2v) is 8.05. The molecule has 0 aliphatic rings. The van der Waals surface area contributed by atoms with Crippen molar-refractivity contribution in [3.05, 3.63) is 72.4 Å². The molecule has 0 unspecified atom stereocenters. The van der Waals surface area contributed by atoms with Crippen molar-refractivity contribution in [1.82, 2.24) is 25.1 Å². The SMILES string of the molecule is Nc1cncc(-c2ccc3[nH]nc(-c4cc5c(-c6cccs6)cccc5[nH]4)c3n2)c1. The van der Waals surface area contributed by atoms with Gasteiger partial charge in [-0.25, -0.2) is 4.98 Å². The number of aromatic amines is 2. The van der Waals surface area contributed by atoms with Gasteiger partial charge in [-0.1, -0.05) is 18.2 Å². The van der Waals surface area contributed by atoms with Crippen LogP contribution < -0.4 is 5.73 Å². The van der Waals surface area contributed by atoms with Gasteiger partial charge in [-0.15, -0.1) is 11.3 Å². The Balaban J connectivity index is 1.52. The summed E-state index contributed by atoms with van der Waals surface area (Å²) in [6, 6.07) is 18.5. The number of hydrogen-bond acceptors (Lipinski definition) is 5. The molecule has 30 heavy (non-hydrogen) atoms. The Hall–Kier alpha value is -3.97. The van der Waals surface area contributed by atoms with Gasteiger partial charge in [0.15, 0.2) is 0 Å². The summed E-state index contributed by atoms with van der Waals surface area (Å²) in [5.74, 6) is 0. The molecule has 0 spiro atoms. The fraction of sp³-hybridized carbons (Fsp3) is 0. The van der Waals surface area contributed by atoms with Crippen LogP contribution >= 0.6 is 11.3 Å². The Bertz CT molecular complexity index is 1510. The van der Waals surface area contributed by atoms with Crippen LogP contribution in [0.3, 0.4) is 0 Å². The molecule has 1 aromatic carbocycles. The second-order valence-electron chi connectivity index (χ2n) is 7.10. The first-order valence-corrected chi connectivity index (χ1v) is 10.4. The maximum absolute atomic E-state index is 5.89. The van der Waals surface area contributed by atoms with E-state index in [2.05, 4.69) is 61.9 Å². The Kier molecular flexibility index (Phi) is 3.69. The Morgan fingerprint density at radius 1 is 0.933 bits per heavy atom. The minimum Gasteiger partial charge on any atom is -0.397 e. The maximum atomic E-state index is 5.89. The maximum Gasteiger partial charge on any atom is 0.135 e. The normalized spacial score (nSPS) is 11.5. The fourth-order valence-corrected chi connectivity index (χ4v) is 4.54. The third-order valence-corrected chi connectivity index (χ3v) is 6.07. The number of nitrogens with zero attached hydrogens (tertiary/aromatic N) is 3. The quantitative estimate of drug-likeness (QED) is 0.361. The van der Waals surface area contributed by atoms with Gasteiger partial charge in [-0.05, 0) is 41.8 Å². The molecule has 0 bridgehead atoms. The van der Waals surface area contributed by atoms with Gasteiger partial charge in [0, 0.05) is 39.3 Å². The summed E-state index contributed by atoms with van der Waals surface area (Å²) in [4.78, 5) is 13.8. The number of hydrogen-bond donors (Lipinski definition) is 3. The van der Waals surface area contributed by atoms with Gasteiger partial charge < -0.3 is 10.7 Å². The molecule has 0 aliphatic carbocycles. The monoisotopic (exact) mass is 408 g/mol. The molecule has 144 valence electrons. The van der Waals surface area contributed by atoms with Crippen LogP contribution in [0.2, 0.25) is 0 Å². The molecule has 0 aliphatic heterocycles. The number of nitrogens with one attached hydrogen (secondary N) is 2. The highest BCUT2D eigenvalue weighted by Gasteiger charge is 2.15. The molecule has 0 saturated heterocycles. The summed E-state index contributed by atoms with van der Waals surface area (Å²) >= 11 is 1.74. The lowest BCUT2D eigenvalue weighted by Gasteiger charge is -2.02. The number of nitrogens with two attached hydrogens (primary N) is 1. The van der Waals surface area contributed by atoms with Crippen molar-refractivity contribution in [3.63, 3.8) is 0 Å². The van der Waals surface area contributed by atoms with Crippen molar-refractivity contribution < 1.29 is 0 Å². The van der Waals surface area contributed by atoms with E-state index >= 15 is 0 Å². The minimum atomic E-state index is 0.610. The molecule has 7 heteroatoms. The zero-order valence-electron chi connectivity index (χ0n) is 15.8. The first-order chi connectivity index (χ1) is 14.8. The molecule has 5 aromatic heterocycles. The standard InChI is InChI=1S/C23H16N6S/c24-14-9-13(11-25-12-14)17-6-7-19-22(27-17)23(29-28-19)20-10-16-15(21-5-2-8-30-21)3-1-4-18(16)26-20/h1-12,26H,24H2,(H,28,29). The molecule has 0 fully saturated rings. The zero-order valence-corrected chi connectivity index (χ0v) is 16.6. The minimum absolute atomic E-state index is 0.610. The summed E-state index contributed by atoms with van der Waals surface area (Å²) in [5, 5.41) is 10.9. The number of benzene rings is 1. The highest BCUT2D eigenvalue weighted by atomic mass is 32.1. The fourth-order valence-electron chi connectivity index (χ4n) is 3.77. The smallest absolute Gasteiger partial charge is 0.135 e. The Labute approximate surface area is 175 Å². The van der Waals surface area contributed by atoms with Crippen molar-refractivity contribution in [1.29, 1.82) is 0 Å². The van der Waals surface area contributed by atoms with Crippen molar-refractivity contribution in [2.24, 2.45) is 0 Å². The van der Waals surface area contributed by atoms with Gasteiger partial charge in [0.1, 0.15) is 11.2 Å². The highest BCUT2D eigenvalue weighted by molar-refractivity contribution is 7.13. The van der Waals surface area contributed by atoms with E-state index in [-0.39, 0.29) is 0 Å². The Morgan fingerprint density at radius 3 is 2.77 bits per heavy atom. The van der Waals surface area contributed by atoms with Crippen molar-refractivity contribution in [2.75, 3.05) is 5.73 Å². The topological polar surface area (TPSA) is 96.3 Å². The number of anilines is 1. The molecule has 5 heterocycles. The number of pyridine rings is 2. The molecule has 0 saturated carbocycles. The number of thiophene rings is 1. The van der Waals surface area contributed by atoms with Gasteiger partial charge in [0.2, 0.25) is 0 Å². The summed E-state index contributed by atoms with van der Waals surface area (Å²) < 4.78 is 0. The summed E-state index contributed by atoms with van der Waals surface area (Å²) in [7, 11) is 0. The lowest BCUT2D eigenvalue weighted by atomic mass is 10.1. The van der Waals surface area contributed by atoms with Crippen LogP contribution in [-0.4, -0.2) is 25.1 Å². The van der Waals surface area contributed by atoms with Crippen LogP contribution in [0.4, 0.5) is 5.69 Å². The van der Waals surface area contributed by atoms with Crippen LogP contribution in [0.25, 0.3) is 55.0 Å². The summed E-state index contributed by atoms with van der Waals surface area (Å²) in [5.41, 5.74) is 13.9.